The number of nitrogens with two attached hydrogens (primary N) is 1. The number of amides is 1. The highest BCUT2D eigenvalue weighted by Gasteiger charge is 2.34. The zero-order valence-electron chi connectivity index (χ0n) is 17.3. The predicted molar refractivity (Wildman–Crippen MR) is 116 cm³/mol. The Hall–Kier alpha value is -2.41. The molecule has 1 aliphatic carbocycles. The third kappa shape index (κ3) is 4.78. The van der Waals surface area contributed by atoms with Crippen LogP contribution in [-0.4, -0.2) is 43.5 Å². The van der Waals surface area contributed by atoms with Gasteiger partial charge in [-0.3, -0.25) is 9.69 Å². The van der Waals surface area contributed by atoms with E-state index in [1.807, 2.05) is 19.1 Å². The van der Waals surface area contributed by atoms with Crippen LogP contribution in [0.3, 0.4) is 0 Å². The van der Waals surface area contributed by atoms with Crippen molar-refractivity contribution in [1.82, 2.24) is 4.90 Å². The molecule has 0 aromatic heterocycles. The molecule has 0 saturated heterocycles. The van der Waals surface area contributed by atoms with E-state index in [1.54, 1.807) is 26.1 Å². The zero-order valence-corrected chi connectivity index (χ0v) is 18.1. The van der Waals surface area contributed by atoms with E-state index in [0.29, 0.717) is 17.2 Å². The fourth-order valence-electron chi connectivity index (χ4n) is 3.77. The first-order valence-electron chi connectivity index (χ1n) is 9.97. The summed E-state index contributed by atoms with van der Waals surface area (Å²) in [6.07, 6.45) is 9.46. The van der Waals surface area contributed by atoms with Crippen LogP contribution >= 0.6 is 0 Å². The van der Waals surface area contributed by atoms with Crippen molar-refractivity contribution in [3.63, 3.8) is 0 Å². The topological polar surface area (TPSA) is 92.8 Å². The molecule has 29 heavy (non-hydrogen) atoms. The van der Waals surface area contributed by atoms with Gasteiger partial charge in [-0.2, -0.15) is 0 Å². The molecule has 3 rings (SSSR count). The number of hydrogen-bond acceptors (Lipinski definition) is 5. The van der Waals surface area contributed by atoms with Gasteiger partial charge < -0.3 is 5.73 Å². The van der Waals surface area contributed by atoms with Crippen LogP contribution in [0, 0.1) is 5.92 Å². The first-order valence-corrected chi connectivity index (χ1v) is 11.6. The second-order valence-corrected chi connectivity index (χ2v) is 10.4. The predicted octanol–water partition coefficient (Wildman–Crippen LogP) is 3.16. The van der Waals surface area contributed by atoms with Crippen molar-refractivity contribution in [2.24, 2.45) is 16.6 Å². The smallest absolute Gasteiger partial charge is 0.231 e. The molecule has 0 bridgehead atoms. The third-order valence-electron chi connectivity index (χ3n) is 5.77. The van der Waals surface area contributed by atoms with E-state index in [-0.39, 0.29) is 17.6 Å². The number of carbonyl (C=O) groups excluding carboxylic acids is 1. The molecule has 0 spiro atoms. The maximum atomic E-state index is 12.1. The lowest BCUT2D eigenvalue weighted by Crippen LogP contribution is -2.48. The third-order valence-corrected chi connectivity index (χ3v) is 7.52. The molecule has 156 valence electrons. The number of aliphatic imine (C=N–C) groups is 1. The van der Waals surface area contributed by atoms with E-state index in [1.165, 1.54) is 4.90 Å². The second-order valence-electron chi connectivity index (χ2n) is 8.08. The molecular weight excluding hydrogens is 386 g/mol. The summed E-state index contributed by atoms with van der Waals surface area (Å²) >= 11 is 0. The molecule has 1 aromatic carbocycles. The molecule has 0 radical (unpaired) electrons. The molecule has 1 aromatic rings. The standard InChI is InChI=1S/C22H29N3O3S/c1-4-29(27,28)19-10-8-17(9-11-19)18-7-5-6-16(14-18)12-13-22(2)15-20(26)25(3)21(23)24-22/h5,7-11,14,16H,4,6,12-13,15H2,1-3H3,(H2,23,24). The number of nitrogens with zero attached hydrogens (tertiary/aromatic N) is 2. The maximum Gasteiger partial charge on any atom is 0.231 e. The van der Waals surface area contributed by atoms with E-state index >= 15 is 0 Å². The van der Waals surface area contributed by atoms with E-state index < -0.39 is 15.4 Å². The van der Waals surface area contributed by atoms with Crippen molar-refractivity contribution < 1.29 is 13.2 Å². The Bertz CT molecular complexity index is 977. The molecule has 2 atom stereocenters. The van der Waals surface area contributed by atoms with Crippen LogP contribution in [-0.2, 0) is 14.6 Å². The van der Waals surface area contributed by atoms with Crippen molar-refractivity contribution >= 4 is 27.3 Å². The van der Waals surface area contributed by atoms with Gasteiger partial charge in [-0.15, -0.1) is 0 Å². The van der Waals surface area contributed by atoms with Crippen LogP contribution in [0.5, 0.6) is 0 Å². The van der Waals surface area contributed by atoms with Crippen LogP contribution in [0.25, 0.3) is 5.57 Å². The zero-order chi connectivity index (χ0) is 21.2. The molecule has 0 fully saturated rings. The summed E-state index contributed by atoms with van der Waals surface area (Å²) in [6.45, 7) is 3.64. The molecule has 1 heterocycles. The Kier molecular flexibility index (Phi) is 5.98. The molecule has 6 nitrogen and oxygen atoms in total. The number of carbonyl (C=O) groups is 1. The quantitative estimate of drug-likeness (QED) is 0.772. The van der Waals surface area contributed by atoms with Gasteiger partial charge in [0.25, 0.3) is 0 Å². The van der Waals surface area contributed by atoms with Gasteiger partial charge >= 0.3 is 0 Å². The SMILES string of the molecule is CCS(=O)(=O)c1ccc(C2=CC(CCC3(C)CC(=O)N(C)C(N)=N3)CC=C2)cc1. The summed E-state index contributed by atoms with van der Waals surface area (Å²) in [7, 11) is -1.54. The highest BCUT2D eigenvalue weighted by Crippen LogP contribution is 2.33. The molecule has 1 aliphatic heterocycles. The fraction of sp³-hybridized carbons (Fsp3) is 0.455. The van der Waals surface area contributed by atoms with Gasteiger partial charge in [0.05, 0.1) is 22.6 Å². The van der Waals surface area contributed by atoms with Gasteiger partial charge in [0.1, 0.15) is 0 Å². The lowest BCUT2D eigenvalue weighted by atomic mass is 9.83. The van der Waals surface area contributed by atoms with E-state index in [0.717, 1.165) is 30.4 Å². The number of guanidine groups is 1. The number of benzene rings is 1. The van der Waals surface area contributed by atoms with Crippen molar-refractivity contribution in [2.75, 3.05) is 12.8 Å². The Balaban J connectivity index is 1.70. The van der Waals surface area contributed by atoms with E-state index in [4.69, 9.17) is 5.73 Å². The van der Waals surface area contributed by atoms with Crippen LogP contribution in [0.4, 0.5) is 0 Å². The van der Waals surface area contributed by atoms with Gasteiger partial charge in [0, 0.05) is 7.05 Å². The summed E-state index contributed by atoms with van der Waals surface area (Å²) in [6, 6.07) is 7.08. The number of hydrogen-bond donors (Lipinski definition) is 1. The molecule has 2 aliphatic rings. The molecule has 7 heteroatoms. The van der Waals surface area contributed by atoms with Crippen LogP contribution in [0.1, 0.15) is 45.1 Å². The second kappa shape index (κ2) is 8.14. The van der Waals surface area contributed by atoms with Gasteiger partial charge in [-0.05, 0) is 55.4 Å². The molecular formula is C22H29N3O3S. The van der Waals surface area contributed by atoms with E-state index in [9.17, 15) is 13.2 Å². The normalized spacial score (nSPS) is 25.0. The lowest BCUT2D eigenvalue weighted by molar-refractivity contribution is -0.128. The van der Waals surface area contributed by atoms with Crippen LogP contribution in [0.15, 0.2) is 52.4 Å². The van der Waals surface area contributed by atoms with Crippen LogP contribution < -0.4 is 5.73 Å². The maximum absolute atomic E-state index is 12.1. The Labute approximate surface area is 173 Å². The largest absolute Gasteiger partial charge is 0.369 e. The van der Waals surface area contributed by atoms with Crippen molar-refractivity contribution in [1.29, 1.82) is 0 Å². The van der Waals surface area contributed by atoms with Gasteiger partial charge in [-0.25, -0.2) is 13.4 Å². The number of rotatable bonds is 6. The molecule has 2 unspecified atom stereocenters. The summed E-state index contributed by atoms with van der Waals surface area (Å²) in [5, 5.41) is 0. The minimum atomic E-state index is -3.19. The first-order chi connectivity index (χ1) is 13.6. The fourth-order valence-corrected chi connectivity index (χ4v) is 4.65. The minimum absolute atomic E-state index is 0.00175. The van der Waals surface area contributed by atoms with Crippen molar-refractivity contribution in [2.45, 2.75) is 50.0 Å². The highest BCUT2D eigenvalue weighted by atomic mass is 32.2. The van der Waals surface area contributed by atoms with Crippen molar-refractivity contribution in [3.8, 4) is 0 Å². The first kappa shape index (κ1) is 21.3. The monoisotopic (exact) mass is 415 g/mol. The molecule has 1 amide bonds. The average molecular weight is 416 g/mol. The molecule has 2 N–H and O–H groups in total. The molecule has 0 saturated carbocycles. The Morgan fingerprint density at radius 3 is 2.59 bits per heavy atom. The highest BCUT2D eigenvalue weighted by molar-refractivity contribution is 7.91. The summed E-state index contributed by atoms with van der Waals surface area (Å²) < 4.78 is 24.0. The van der Waals surface area contributed by atoms with Gasteiger partial charge in [0.2, 0.25) is 5.91 Å². The van der Waals surface area contributed by atoms with Crippen molar-refractivity contribution in [3.05, 3.63) is 48.1 Å². The van der Waals surface area contributed by atoms with Gasteiger partial charge in [0.15, 0.2) is 15.8 Å². The lowest BCUT2D eigenvalue weighted by Gasteiger charge is -2.34. The summed E-state index contributed by atoms with van der Waals surface area (Å²) in [5.41, 5.74) is 7.53. The van der Waals surface area contributed by atoms with Crippen LogP contribution in [0.2, 0.25) is 0 Å². The Morgan fingerprint density at radius 2 is 1.97 bits per heavy atom. The average Bonchev–Trinajstić information content (AvgIpc) is 2.71. The Morgan fingerprint density at radius 1 is 1.28 bits per heavy atom. The van der Waals surface area contributed by atoms with E-state index in [2.05, 4.69) is 23.2 Å². The number of allylic oxidation sites excluding steroid dienone is 4. The minimum Gasteiger partial charge on any atom is -0.369 e. The summed E-state index contributed by atoms with van der Waals surface area (Å²) in [5.74, 6) is 0.728. The number of sulfone groups is 1. The summed E-state index contributed by atoms with van der Waals surface area (Å²) in [4.78, 5) is 18.4. The van der Waals surface area contributed by atoms with Gasteiger partial charge in [-0.1, -0.05) is 37.3 Å².